The fourth-order valence-corrected chi connectivity index (χ4v) is 2.87. The predicted molar refractivity (Wildman–Crippen MR) is 99.5 cm³/mol. The smallest absolute Gasteiger partial charge is 0.308 e. The van der Waals surface area contributed by atoms with Crippen molar-refractivity contribution in [3.8, 4) is 5.69 Å². The first-order valence-electron chi connectivity index (χ1n) is 8.46. The third-order valence-electron chi connectivity index (χ3n) is 4.60. The lowest BCUT2D eigenvalue weighted by Crippen LogP contribution is -2.40. The third-order valence-corrected chi connectivity index (χ3v) is 4.60. The van der Waals surface area contributed by atoms with Gasteiger partial charge in [-0.25, -0.2) is 4.98 Å². The number of nitrogens with zero attached hydrogens (tertiary/aromatic N) is 2. The molecule has 1 aromatic heterocycles. The first kappa shape index (κ1) is 17.7. The Labute approximate surface area is 151 Å². The summed E-state index contributed by atoms with van der Waals surface area (Å²) < 4.78 is 2.03. The number of fused-ring (bicyclic) bond motifs is 1. The number of carbonyl (C=O) groups is 2. The van der Waals surface area contributed by atoms with Gasteiger partial charge in [-0.3, -0.25) is 14.2 Å². The molecule has 26 heavy (non-hydrogen) atoms. The number of aromatic nitrogens is 2. The van der Waals surface area contributed by atoms with E-state index in [1.165, 1.54) is 0 Å². The van der Waals surface area contributed by atoms with Crippen LogP contribution in [0.3, 0.4) is 0 Å². The SMILES string of the molecule is Cc1nc2cc(C(=O)NC(C)C(C)C(=O)O)ccc2n1-c1ccccc1. The molecule has 3 rings (SSSR count). The van der Waals surface area contributed by atoms with Gasteiger partial charge in [0, 0.05) is 17.3 Å². The van der Waals surface area contributed by atoms with Gasteiger partial charge in [-0.05, 0) is 51.1 Å². The van der Waals surface area contributed by atoms with E-state index in [0.717, 1.165) is 22.5 Å². The van der Waals surface area contributed by atoms with E-state index in [2.05, 4.69) is 10.3 Å². The molecule has 6 heteroatoms. The van der Waals surface area contributed by atoms with Crippen LogP contribution in [0.5, 0.6) is 0 Å². The van der Waals surface area contributed by atoms with Crippen LogP contribution in [0.2, 0.25) is 0 Å². The van der Waals surface area contributed by atoms with Gasteiger partial charge in [0.15, 0.2) is 0 Å². The maximum Gasteiger partial charge on any atom is 0.308 e. The Bertz CT molecular complexity index is 963. The number of hydrogen-bond donors (Lipinski definition) is 2. The number of amides is 1. The van der Waals surface area contributed by atoms with E-state index < -0.39 is 17.9 Å². The molecule has 0 aliphatic heterocycles. The molecule has 1 heterocycles. The number of aryl methyl sites for hydroxylation is 1. The number of imidazole rings is 1. The van der Waals surface area contributed by atoms with Gasteiger partial charge in [0.05, 0.1) is 17.0 Å². The maximum atomic E-state index is 12.4. The second-order valence-electron chi connectivity index (χ2n) is 6.42. The van der Waals surface area contributed by atoms with E-state index in [-0.39, 0.29) is 5.91 Å². The van der Waals surface area contributed by atoms with Crippen molar-refractivity contribution in [1.82, 2.24) is 14.9 Å². The molecule has 0 bridgehead atoms. The van der Waals surface area contributed by atoms with Gasteiger partial charge in [0.25, 0.3) is 5.91 Å². The van der Waals surface area contributed by atoms with Gasteiger partial charge in [-0.15, -0.1) is 0 Å². The van der Waals surface area contributed by atoms with E-state index in [1.807, 2.05) is 47.9 Å². The van der Waals surface area contributed by atoms with Gasteiger partial charge in [-0.1, -0.05) is 18.2 Å². The Balaban J connectivity index is 1.91. The summed E-state index contributed by atoms with van der Waals surface area (Å²) in [6, 6.07) is 14.8. The molecule has 134 valence electrons. The van der Waals surface area contributed by atoms with Crippen molar-refractivity contribution >= 4 is 22.9 Å². The van der Waals surface area contributed by atoms with Crippen LogP contribution in [-0.2, 0) is 4.79 Å². The molecule has 0 fully saturated rings. The van der Waals surface area contributed by atoms with Crippen LogP contribution in [-0.4, -0.2) is 32.6 Å². The second-order valence-corrected chi connectivity index (χ2v) is 6.42. The largest absolute Gasteiger partial charge is 0.481 e. The lowest BCUT2D eigenvalue weighted by molar-refractivity contribution is -0.141. The highest BCUT2D eigenvalue weighted by molar-refractivity contribution is 5.98. The van der Waals surface area contributed by atoms with Crippen LogP contribution in [0.25, 0.3) is 16.7 Å². The molecule has 2 aromatic carbocycles. The molecule has 0 radical (unpaired) electrons. The topological polar surface area (TPSA) is 84.2 Å². The Kier molecular flexibility index (Phi) is 4.75. The lowest BCUT2D eigenvalue weighted by Gasteiger charge is -2.17. The summed E-state index contributed by atoms with van der Waals surface area (Å²) in [6.45, 7) is 5.17. The summed E-state index contributed by atoms with van der Waals surface area (Å²) >= 11 is 0. The number of rotatable bonds is 5. The molecule has 6 nitrogen and oxygen atoms in total. The third kappa shape index (κ3) is 3.31. The Hall–Kier alpha value is -3.15. The van der Waals surface area contributed by atoms with Crippen molar-refractivity contribution in [3.05, 3.63) is 59.9 Å². The summed E-state index contributed by atoms with van der Waals surface area (Å²) in [5, 5.41) is 11.8. The Morgan fingerprint density at radius 2 is 1.81 bits per heavy atom. The van der Waals surface area contributed by atoms with Crippen LogP contribution in [0.4, 0.5) is 0 Å². The number of para-hydroxylation sites is 1. The number of carbonyl (C=O) groups excluding carboxylic acids is 1. The standard InChI is InChI=1S/C20H21N3O3/c1-12(20(25)26)13(2)21-19(24)15-9-10-18-17(11-15)22-14(3)23(18)16-7-5-4-6-8-16/h4-13H,1-3H3,(H,21,24)(H,25,26). The van der Waals surface area contributed by atoms with E-state index in [0.29, 0.717) is 5.56 Å². The number of benzene rings is 2. The molecule has 2 atom stereocenters. The number of carboxylic acid groups (broad SMARTS) is 1. The molecular weight excluding hydrogens is 330 g/mol. The first-order chi connectivity index (χ1) is 12.4. The molecule has 3 aromatic rings. The minimum absolute atomic E-state index is 0.306. The van der Waals surface area contributed by atoms with E-state index in [4.69, 9.17) is 5.11 Å². The highest BCUT2D eigenvalue weighted by Crippen LogP contribution is 2.22. The molecule has 0 aliphatic carbocycles. The number of hydrogen-bond acceptors (Lipinski definition) is 3. The van der Waals surface area contributed by atoms with Crippen molar-refractivity contribution in [1.29, 1.82) is 0 Å². The maximum absolute atomic E-state index is 12.4. The summed E-state index contributed by atoms with van der Waals surface area (Å²) in [7, 11) is 0. The molecule has 0 saturated heterocycles. The quantitative estimate of drug-likeness (QED) is 0.739. The van der Waals surface area contributed by atoms with Crippen molar-refractivity contribution in [2.75, 3.05) is 0 Å². The van der Waals surface area contributed by atoms with Crippen LogP contribution in [0.1, 0.15) is 30.0 Å². The highest BCUT2D eigenvalue weighted by atomic mass is 16.4. The zero-order valence-electron chi connectivity index (χ0n) is 14.9. The zero-order valence-corrected chi connectivity index (χ0v) is 14.9. The summed E-state index contributed by atoms with van der Waals surface area (Å²) in [4.78, 5) is 28.1. The summed E-state index contributed by atoms with van der Waals surface area (Å²) in [6.07, 6.45) is 0. The molecule has 2 unspecified atom stereocenters. The second kappa shape index (κ2) is 7.00. The molecule has 0 aliphatic rings. The normalized spacial score (nSPS) is 13.3. The number of carboxylic acids is 1. The van der Waals surface area contributed by atoms with E-state index >= 15 is 0 Å². The predicted octanol–water partition coefficient (Wildman–Crippen LogP) is 3.17. The van der Waals surface area contributed by atoms with E-state index in [1.54, 1.807) is 26.0 Å². The van der Waals surface area contributed by atoms with Crippen molar-refractivity contribution in [3.63, 3.8) is 0 Å². The van der Waals surface area contributed by atoms with Gasteiger partial charge in [0.1, 0.15) is 5.82 Å². The van der Waals surface area contributed by atoms with Crippen LogP contribution >= 0.6 is 0 Å². The highest BCUT2D eigenvalue weighted by Gasteiger charge is 2.22. The lowest BCUT2D eigenvalue weighted by atomic mass is 10.0. The molecule has 1 amide bonds. The minimum Gasteiger partial charge on any atom is -0.481 e. The molecular formula is C20H21N3O3. The summed E-state index contributed by atoms with van der Waals surface area (Å²) in [5.41, 5.74) is 3.10. The minimum atomic E-state index is -0.939. The van der Waals surface area contributed by atoms with Crippen LogP contribution in [0.15, 0.2) is 48.5 Å². The fourth-order valence-electron chi connectivity index (χ4n) is 2.87. The monoisotopic (exact) mass is 351 g/mol. The van der Waals surface area contributed by atoms with E-state index in [9.17, 15) is 9.59 Å². The van der Waals surface area contributed by atoms with Crippen LogP contribution in [0, 0.1) is 12.8 Å². The Morgan fingerprint density at radius 1 is 1.12 bits per heavy atom. The molecule has 2 N–H and O–H groups in total. The Morgan fingerprint density at radius 3 is 2.46 bits per heavy atom. The van der Waals surface area contributed by atoms with Crippen LogP contribution < -0.4 is 5.32 Å². The van der Waals surface area contributed by atoms with Gasteiger partial charge in [-0.2, -0.15) is 0 Å². The van der Waals surface area contributed by atoms with Crippen molar-refractivity contribution in [2.45, 2.75) is 26.8 Å². The van der Waals surface area contributed by atoms with Gasteiger partial charge < -0.3 is 10.4 Å². The first-order valence-corrected chi connectivity index (χ1v) is 8.46. The average molecular weight is 351 g/mol. The average Bonchev–Trinajstić information content (AvgIpc) is 2.96. The fraction of sp³-hybridized carbons (Fsp3) is 0.250. The number of nitrogens with one attached hydrogen (secondary N) is 1. The van der Waals surface area contributed by atoms with Crippen molar-refractivity contribution in [2.24, 2.45) is 5.92 Å². The summed E-state index contributed by atoms with van der Waals surface area (Å²) in [5.74, 6) is -1.08. The van der Waals surface area contributed by atoms with Gasteiger partial charge in [0.2, 0.25) is 0 Å². The molecule has 0 spiro atoms. The number of aliphatic carboxylic acids is 1. The molecule has 0 saturated carbocycles. The van der Waals surface area contributed by atoms with Crippen molar-refractivity contribution < 1.29 is 14.7 Å². The zero-order chi connectivity index (χ0) is 18.8. The van der Waals surface area contributed by atoms with Gasteiger partial charge >= 0.3 is 5.97 Å².